The first-order valence-corrected chi connectivity index (χ1v) is 8.65. The molecule has 0 saturated carbocycles. The lowest BCUT2D eigenvalue weighted by Crippen LogP contribution is -2.02. The summed E-state index contributed by atoms with van der Waals surface area (Å²) in [4.78, 5) is 10.7. The maximum atomic E-state index is 11.2. The van der Waals surface area contributed by atoms with Crippen molar-refractivity contribution in [3.63, 3.8) is 0 Å². The van der Waals surface area contributed by atoms with Crippen LogP contribution in [0.3, 0.4) is 0 Å². The summed E-state index contributed by atoms with van der Waals surface area (Å²) in [5, 5.41) is 24.4. The van der Waals surface area contributed by atoms with E-state index in [2.05, 4.69) is 15.3 Å². The van der Waals surface area contributed by atoms with E-state index in [9.17, 15) is 10.1 Å². The fourth-order valence-corrected chi connectivity index (χ4v) is 2.47. The molecule has 0 fully saturated rings. The average molecular weight is 349 g/mol. The van der Waals surface area contributed by atoms with Crippen LogP contribution in [0.25, 0.3) is 0 Å². The molecule has 1 heterocycles. The monoisotopic (exact) mass is 349 g/mol. The maximum Gasteiger partial charge on any atom is 0.311 e. The van der Waals surface area contributed by atoms with E-state index in [-0.39, 0.29) is 17.4 Å². The van der Waals surface area contributed by atoms with Crippen molar-refractivity contribution >= 4 is 23.7 Å². The Hall–Kier alpha value is -2.42. The SMILES string of the molecule is CCOc1ccc(/C=N\n2c(SC)nnc2C(C)C)cc1[N+](=O)[O-]. The molecular formula is C15H19N5O3S. The first-order valence-electron chi connectivity index (χ1n) is 7.42. The number of nitro groups is 1. The molecule has 0 aliphatic carbocycles. The Morgan fingerprint density at radius 1 is 1.46 bits per heavy atom. The van der Waals surface area contributed by atoms with Gasteiger partial charge in [-0.15, -0.1) is 10.2 Å². The van der Waals surface area contributed by atoms with Crippen molar-refractivity contribution in [2.45, 2.75) is 31.8 Å². The molecular weight excluding hydrogens is 330 g/mol. The standard InChI is InChI=1S/C15H19N5O3S/c1-5-23-13-7-6-11(8-12(13)20(21)22)9-16-19-14(10(2)3)17-18-15(19)24-4/h6-10H,5H2,1-4H3/b16-9-. The van der Waals surface area contributed by atoms with Gasteiger partial charge in [-0.05, 0) is 25.3 Å². The number of hydrogen-bond donors (Lipinski definition) is 0. The van der Waals surface area contributed by atoms with Crippen LogP contribution in [0.1, 0.15) is 38.1 Å². The molecule has 8 nitrogen and oxygen atoms in total. The average Bonchev–Trinajstić information content (AvgIpc) is 2.97. The van der Waals surface area contributed by atoms with E-state index in [1.54, 1.807) is 29.9 Å². The number of ether oxygens (including phenoxy) is 1. The van der Waals surface area contributed by atoms with Crippen molar-refractivity contribution in [3.8, 4) is 5.75 Å². The molecule has 0 radical (unpaired) electrons. The number of nitro benzene ring substituents is 1. The number of nitrogens with zero attached hydrogens (tertiary/aromatic N) is 5. The van der Waals surface area contributed by atoms with Crippen LogP contribution < -0.4 is 4.74 Å². The molecule has 0 amide bonds. The number of aromatic nitrogens is 3. The van der Waals surface area contributed by atoms with Crippen LogP contribution in [0.2, 0.25) is 0 Å². The third-order valence-corrected chi connectivity index (χ3v) is 3.76. The van der Waals surface area contributed by atoms with Crippen LogP contribution in [0, 0.1) is 10.1 Å². The second-order valence-corrected chi connectivity index (χ2v) is 5.95. The largest absolute Gasteiger partial charge is 0.487 e. The first kappa shape index (κ1) is 17.9. The Labute approximate surface area is 144 Å². The van der Waals surface area contributed by atoms with Crippen LogP contribution >= 0.6 is 11.8 Å². The third kappa shape index (κ3) is 3.91. The summed E-state index contributed by atoms with van der Waals surface area (Å²) in [6.45, 7) is 6.15. The van der Waals surface area contributed by atoms with Gasteiger partial charge in [-0.25, -0.2) is 0 Å². The van der Waals surface area contributed by atoms with Gasteiger partial charge in [-0.3, -0.25) is 10.1 Å². The molecule has 0 saturated heterocycles. The zero-order chi connectivity index (χ0) is 17.7. The summed E-state index contributed by atoms with van der Waals surface area (Å²) in [7, 11) is 0. The topological polar surface area (TPSA) is 95.4 Å². The van der Waals surface area contributed by atoms with Gasteiger partial charge in [0.2, 0.25) is 5.16 Å². The third-order valence-electron chi connectivity index (χ3n) is 3.14. The molecule has 2 aromatic rings. The summed E-state index contributed by atoms with van der Waals surface area (Å²) in [6.07, 6.45) is 3.44. The number of thioether (sulfide) groups is 1. The minimum atomic E-state index is -0.464. The molecule has 9 heteroatoms. The van der Waals surface area contributed by atoms with Gasteiger partial charge in [0.25, 0.3) is 0 Å². The zero-order valence-corrected chi connectivity index (χ0v) is 14.8. The lowest BCUT2D eigenvalue weighted by molar-refractivity contribution is -0.385. The van der Waals surface area contributed by atoms with Crippen LogP contribution in [-0.2, 0) is 0 Å². The lowest BCUT2D eigenvalue weighted by atomic mass is 10.2. The fraction of sp³-hybridized carbons (Fsp3) is 0.400. The van der Waals surface area contributed by atoms with E-state index in [1.165, 1.54) is 17.8 Å². The van der Waals surface area contributed by atoms with Gasteiger partial charge in [0.05, 0.1) is 17.7 Å². The van der Waals surface area contributed by atoms with Gasteiger partial charge in [0, 0.05) is 17.5 Å². The molecule has 2 rings (SSSR count). The second-order valence-electron chi connectivity index (χ2n) is 5.17. The molecule has 0 atom stereocenters. The molecule has 1 aromatic carbocycles. The highest BCUT2D eigenvalue weighted by Crippen LogP contribution is 2.27. The summed E-state index contributed by atoms with van der Waals surface area (Å²) >= 11 is 1.43. The Morgan fingerprint density at radius 2 is 2.21 bits per heavy atom. The Morgan fingerprint density at radius 3 is 2.79 bits per heavy atom. The van der Waals surface area contributed by atoms with E-state index in [0.717, 1.165) is 5.82 Å². The summed E-state index contributed by atoms with van der Waals surface area (Å²) in [6, 6.07) is 4.74. The zero-order valence-electron chi connectivity index (χ0n) is 14.0. The minimum absolute atomic E-state index is 0.0845. The first-order chi connectivity index (χ1) is 11.5. The van der Waals surface area contributed by atoms with E-state index in [1.807, 2.05) is 20.1 Å². The molecule has 0 aliphatic heterocycles. The van der Waals surface area contributed by atoms with E-state index < -0.39 is 4.92 Å². The smallest absolute Gasteiger partial charge is 0.311 e. The molecule has 24 heavy (non-hydrogen) atoms. The normalized spacial score (nSPS) is 11.4. The summed E-state index contributed by atoms with van der Waals surface area (Å²) < 4.78 is 6.93. The van der Waals surface area contributed by atoms with Gasteiger partial charge in [0.15, 0.2) is 11.6 Å². The highest BCUT2D eigenvalue weighted by molar-refractivity contribution is 7.98. The molecule has 1 aromatic heterocycles. The van der Waals surface area contributed by atoms with Gasteiger partial charge >= 0.3 is 5.69 Å². The van der Waals surface area contributed by atoms with Crippen molar-refractivity contribution < 1.29 is 9.66 Å². The van der Waals surface area contributed by atoms with Crippen LogP contribution in [-0.4, -0.2) is 38.9 Å². The van der Waals surface area contributed by atoms with Crippen molar-refractivity contribution in [3.05, 3.63) is 39.7 Å². The molecule has 0 bridgehead atoms. The van der Waals surface area contributed by atoms with Gasteiger partial charge in [0.1, 0.15) is 0 Å². The number of hydrogen-bond acceptors (Lipinski definition) is 7. The molecule has 0 N–H and O–H groups in total. The van der Waals surface area contributed by atoms with Crippen molar-refractivity contribution in [1.82, 2.24) is 14.9 Å². The predicted molar refractivity (Wildman–Crippen MR) is 93.1 cm³/mol. The van der Waals surface area contributed by atoms with Gasteiger partial charge in [-0.1, -0.05) is 25.6 Å². The van der Waals surface area contributed by atoms with Crippen LogP contribution in [0.15, 0.2) is 28.5 Å². The Kier molecular flexibility index (Phi) is 5.91. The van der Waals surface area contributed by atoms with E-state index >= 15 is 0 Å². The quantitative estimate of drug-likeness (QED) is 0.329. The molecule has 0 aliphatic rings. The second kappa shape index (κ2) is 7.91. The highest BCUT2D eigenvalue weighted by Gasteiger charge is 2.16. The molecule has 0 unspecified atom stereocenters. The number of benzene rings is 1. The lowest BCUT2D eigenvalue weighted by Gasteiger charge is -2.06. The van der Waals surface area contributed by atoms with Gasteiger partial charge in [-0.2, -0.15) is 9.78 Å². The molecule has 128 valence electrons. The molecule has 0 spiro atoms. The highest BCUT2D eigenvalue weighted by atomic mass is 32.2. The van der Waals surface area contributed by atoms with E-state index in [4.69, 9.17) is 4.74 Å². The van der Waals surface area contributed by atoms with Gasteiger partial charge < -0.3 is 4.74 Å². The van der Waals surface area contributed by atoms with Crippen molar-refractivity contribution in [2.24, 2.45) is 5.10 Å². The summed E-state index contributed by atoms with van der Waals surface area (Å²) in [5.74, 6) is 1.14. The summed E-state index contributed by atoms with van der Waals surface area (Å²) in [5.41, 5.74) is 0.513. The van der Waals surface area contributed by atoms with Crippen molar-refractivity contribution in [1.29, 1.82) is 0 Å². The maximum absolute atomic E-state index is 11.2. The minimum Gasteiger partial charge on any atom is -0.487 e. The van der Waals surface area contributed by atoms with Crippen molar-refractivity contribution in [2.75, 3.05) is 12.9 Å². The Bertz CT molecular complexity index is 758. The van der Waals surface area contributed by atoms with E-state index in [0.29, 0.717) is 17.3 Å². The number of rotatable bonds is 7. The fourth-order valence-electron chi connectivity index (χ4n) is 2.03. The van der Waals surface area contributed by atoms with Crippen LogP contribution in [0.5, 0.6) is 5.75 Å². The Balaban J connectivity index is 2.38. The van der Waals surface area contributed by atoms with Crippen LogP contribution in [0.4, 0.5) is 5.69 Å². The predicted octanol–water partition coefficient (Wildman–Crippen LogP) is 3.31.